The first-order valence-electron chi connectivity index (χ1n) is 9.99. The van der Waals surface area contributed by atoms with Crippen molar-refractivity contribution in [2.24, 2.45) is 4.99 Å². The van der Waals surface area contributed by atoms with Crippen molar-refractivity contribution in [1.29, 1.82) is 0 Å². The van der Waals surface area contributed by atoms with E-state index in [2.05, 4.69) is 4.99 Å². The number of hydrogen-bond donors (Lipinski definition) is 0. The number of nitrogens with zero attached hydrogens (tertiary/aromatic N) is 2. The molecule has 0 aliphatic carbocycles. The van der Waals surface area contributed by atoms with E-state index in [0.717, 1.165) is 14.0 Å². The van der Waals surface area contributed by atoms with E-state index < -0.39 is 0 Å². The largest absolute Gasteiger partial charge is 0.462 e. The Morgan fingerprint density at radius 3 is 2.55 bits per heavy atom. The van der Waals surface area contributed by atoms with E-state index in [1.54, 1.807) is 61.3 Å². The number of thioether (sulfide) groups is 1. The van der Waals surface area contributed by atoms with E-state index in [4.69, 9.17) is 16.3 Å². The van der Waals surface area contributed by atoms with Gasteiger partial charge in [0.15, 0.2) is 5.17 Å². The zero-order valence-corrected chi connectivity index (χ0v) is 21.0. The number of rotatable bonds is 6. The molecule has 168 valence electrons. The molecule has 0 N–H and O–H groups in total. The van der Waals surface area contributed by atoms with Gasteiger partial charge in [-0.05, 0) is 85.4 Å². The minimum Gasteiger partial charge on any atom is -0.462 e. The summed E-state index contributed by atoms with van der Waals surface area (Å²) < 4.78 is 6.13. The molecule has 9 heteroatoms. The monoisotopic (exact) mass is 514 g/mol. The van der Waals surface area contributed by atoms with Crippen molar-refractivity contribution in [3.8, 4) is 0 Å². The van der Waals surface area contributed by atoms with Crippen LogP contribution in [0.25, 0.3) is 6.08 Å². The van der Waals surface area contributed by atoms with Crippen LogP contribution in [-0.4, -0.2) is 35.6 Å². The third kappa shape index (κ3) is 5.89. The maximum absolute atomic E-state index is 12.7. The van der Waals surface area contributed by atoms with E-state index in [1.807, 2.05) is 42.5 Å². The van der Waals surface area contributed by atoms with Crippen LogP contribution >= 0.6 is 46.5 Å². The number of ether oxygens (including phenoxy) is 1. The highest BCUT2D eigenvalue weighted by Crippen LogP contribution is 2.37. The maximum atomic E-state index is 12.7. The molecule has 1 amide bonds. The SMILES string of the molecule is CCOC(=O)c1ccc(N=C2S/C(=C\c3ccc(Sc4ccc(Cl)cc4)s3)C(=O)N2C)cc1. The van der Waals surface area contributed by atoms with E-state index in [9.17, 15) is 9.59 Å². The Bertz CT molecular complexity index is 1230. The summed E-state index contributed by atoms with van der Waals surface area (Å²) in [7, 11) is 1.71. The standard InChI is InChI=1S/C24H19ClN2O3S3/c1-3-30-23(29)15-4-8-17(9-5-15)26-24-27(2)22(28)20(33-24)14-19-12-13-21(32-19)31-18-10-6-16(25)7-11-18/h4-14H,3H2,1-2H3/b20-14-,26-24?. The fourth-order valence-electron chi connectivity index (χ4n) is 2.86. The average Bonchev–Trinajstić information content (AvgIpc) is 3.35. The Hall–Kier alpha value is -2.52. The lowest BCUT2D eigenvalue weighted by atomic mass is 10.2. The van der Waals surface area contributed by atoms with Crippen molar-refractivity contribution >= 4 is 75.3 Å². The van der Waals surface area contributed by atoms with E-state index in [0.29, 0.717) is 33.0 Å². The fourth-order valence-corrected chi connectivity index (χ4v) is 6.11. The Labute approximate surface area is 209 Å². The molecule has 0 unspecified atom stereocenters. The third-order valence-corrected chi connectivity index (χ3v) is 8.00. The van der Waals surface area contributed by atoms with Crippen molar-refractivity contribution in [1.82, 2.24) is 4.90 Å². The van der Waals surface area contributed by atoms with Gasteiger partial charge in [-0.15, -0.1) is 11.3 Å². The van der Waals surface area contributed by atoms with Gasteiger partial charge >= 0.3 is 5.97 Å². The first-order valence-corrected chi connectivity index (χ1v) is 12.8. The number of carbonyl (C=O) groups is 2. The van der Waals surface area contributed by atoms with Crippen molar-refractivity contribution in [3.05, 3.63) is 81.0 Å². The highest BCUT2D eigenvalue weighted by atomic mass is 35.5. The van der Waals surface area contributed by atoms with Gasteiger partial charge in [0.1, 0.15) is 0 Å². The molecule has 3 aromatic rings. The lowest BCUT2D eigenvalue weighted by Gasteiger charge is -2.07. The number of benzene rings is 2. The number of hydrogen-bond acceptors (Lipinski definition) is 7. The molecule has 2 aromatic carbocycles. The second kappa shape index (κ2) is 10.6. The van der Waals surface area contributed by atoms with Crippen molar-refractivity contribution in [3.63, 3.8) is 0 Å². The van der Waals surface area contributed by atoms with Gasteiger partial charge in [0.2, 0.25) is 0 Å². The Kier molecular flexibility index (Phi) is 7.60. The molecule has 0 atom stereocenters. The van der Waals surface area contributed by atoms with Gasteiger partial charge in [-0.1, -0.05) is 23.4 Å². The molecule has 4 rings (SSSR count). The molecular formula is C24H19ClN2O3S3. The van der Waals surface area contributed by atoms with E-state index in [1.165, 1.54) is 16.7 Å². The van der Waals surface area contributed by atoms with Gasteiger partial charge in [-0.2, -0.15) is 0 Å². The molecule has 5 nitrogen and oxygen atoms in total. The van der Waals surface area contributed by atoms with Gasteiger partial charge in [-0.3, -0.25) is 9.69 Å². The summed E-state index contributed by atoms with van der Waals surface area (Å²) in [5, 5.41) is 1.30. The second-order valence-electron chi connectivity index (χ2n) is 6.85. The van der Waals surface area contributed by atoms with Gasteiger partial charge < -0.3 is 4.74 Å². The zero-order valence-electron chi connectivity index (χ0n) is 17.8. The number of amidine groups is 1. The van der Waals surface area contributed by atoms with Gasteiger partial charge in [0, 0.05) is 21.8 Å². The van der Waals surface area contributed by atoms with Crippen LogP contribution in [0.15, 0.2) is 79.7 Å². The summed E-state index contributed by atoms with van der Waals surface area (Å²) in [6, 6.07) is 18.6. The number of carbonyl (C=O) groups excluding carboxylic acids is 2. The van der Waals surface area contributed by atoms with Crippen LogP contribution in [0, 0.1) is 0 Å². The Balaban J connectivity index is 1.47. The second-order valence-corrected chi connectivity index (χ2v) is 10.8. The van der Waals surface area contributed by atoms with Gasteiger partial charge in [-0.25, -0.2) is 9.79 Å². The topological polar surface area (TPSA) is 59.0 Å². The van der Waals surface area contributed by atoms with Crippen LogP contribution in [0.1, 0.15) is 22.2 Å². The van der Waals surface area contributed by atoms with E-state index >= 15 is 0 Å². The van der Waals surface area contributed by atoms with Crippen LogP contribution in [-0.2, 0) is 9.53 Å². The van der Waals surface area contributed by atoms with Crippen molar-refractivity contribution in [2.75, 3.05) is 13.7 Å². The number of amides is 1. The first-order chi connectivity index (χ1) is 15.9. The predicted octanol–water partition coefficient (Wildman–Crippen LogP) is 6.96. The molecule has 0 saturated carbocycles. The van der Waals surface area contributed by atoms with Crippen LogP contribution in [0.4, 0.5) is 5.69 Å². The molecule has 0 bridgehead atoms. The molecule has 0 radical (unpaired) electrons. The fraction of sp³-hybridized carbons (Fsp3) is 0.125. The minimum absolute atomic E-state index is 0.0952. The summed E-state index contributed by atoms with van der Waals surface area (Å²) >= 11 is 10.6. The summed E-state index contributed by atoms with van der Waals surface area (Å²) in [6.45, 7) is 2.09. The third-order valence-electron chi connectivity index (χ3n) is 4.51. The molecule has 33 heavy (non-hydrogen) atoms. The number of thiophene rings is 1. The Morgan fingerprint density at radius 2 is 1.85 bits per heavy atom. The normalized spacial score (nSPS) is 16.1. The van der Waals surface area contributed by atoms with Crippen molar-refractivity contribution < 1.29 is 14.3 Å². The lowest BCUT2D eigenvalue weighted by molar-refractivity contribution is -0.121. The summed E-state index contributed by atoms with van der Waals surface area (Å²) in [4.78, 5) is 33.4. The van der Waals surface area contributed by atoms with Crippen LogP contribution < -0.4 is 0 Å². The van der Waals surface area contributed by atoms with Crippen molar-refractivity contribution in [2.45, 2.75) is 16.0 Å². The highest BCUT2D eigenvalue weighted by Gasteiger charge is 2.30. The number of halogens is 1. The van der Waals surface area contributed by atoms with Crippen LogP contribution in [0.5, 0.6) is 0 Å². The lowest BCUT2D eigenvalue weighted by Crippen LogP contribution is -2.23. The smallest absolute Gasteiger partial charge is 0.338 e. The minimum atomic E-state index is -0.367. The van der Waals surface area contributed by atoms with Gasteiger partial charge in [0.05, 0.1) is 27.0 Å². The average molecular weight is 515 g/mol. The molecule has 1 fully saturated rings. The molecule has 1 aromatic heterocycles. The van der Waals surface area contributed by atoms with Crippen LogP contribution in [0.3, 0.4) is 0 Å². The number of aliphatic imine (C=N–C) groups is 1. The zero-order chi connectivity index (χ0) is 23.4. The molecule has 1 saturated heterocycles. The molecule has 0 spiro atoms. The van der Waals surface area contributed by atoms with Crippen LogP contribution in [0.2, 0.25) is 5.02 Å². The summed E-state index contributed by atoms with van der Waals surface area (Å²) in [6.07, 6.45) is 1.90. The summed E-state index contributed by atoms with van der Waals surface area (Å²) in [5.41, 5.74) is 1.12. The number of esters is 1. The predicted molar refractivity (Wildman–Crippen MR) is 138 cm³/mol. The maximum Gasteiger partial charge on any atom is 0.338 e. The molecule has 2 heterocycles. The number of likely N-dealkylation sites (N-methyl/N-ethyl adjacent to an activating group) is 1. The van der Waals surface area contributed by atoms with E-state index in [-0.39, 0.29) is 11.9 Å². The summed E-state index contributed by atoms with van der Waals surface area (Å²) in [5.74, 6) is -0.462. The highest BCUT2D eigenvalue weighted by molar-refractivity contribution is 8.18. The molecular weight excluding hydrogens is 496 g/mol. The van der Waals surface area contributed by atoms with Gasteiger partial charge in [0.25, 0.3) is 5.91 Å². The molecule has 1 aliphatic rings. The first kappa shape index (κ1) is 23.6. The quantitative estimate of drug-likeness (QED) is 0.263. The Morgan fingerprint density at radius 1 is 1.12 bits per heavy atom. The molecule has 1 aliphatic heterocycles.